The third-order valence-electron chi connectivity index (χ3n) is 0.663. The molecule has 6 nitrogen and oxygen atoms in total. The van der Waals surface area contributed by atoms with Crippen LogP contribution in [0.15, 0.2) is 0 Å². The number of hydrogen-bond acceptors (Lipinski definition) is 4. The van der Waals surface area contributed by atoms with Crippen molar-refractivity contribution >= 4 is 15.9 Å². The van der Waals surface area contributed by atoms with Crippen LogP contribution in [0.4, 0.5) is 0 Å². The minimum atomic E-state index is -3.13. The lowest BCUT2D eigenvalue weighted by molar-refractivity contribution is 0.282. The van der Waals surface area contributed by atoms with Crippen molar-refractivity contribution in [3.05, 3.63) is 0 Å². The molecule has 0 radical (unpaired) electrons. The Labute approximate surface area is 65.6 Å². The molecule has 0 unspecified atom stereocenters. The van der Waals surface area contributed by atoms with Gasteiger partial charge in [-0.05, 0) is 0 Å². The Morgan fingerprint density at radius 3 is 1.45 bits per heavy atom. The third kappa shape index (κ3) is 17.9. The topological polar surface area (TPSA) is 93.1 Å². The van der Waals surface area contributed by atoms with Gasteiger partial charge in [0, 0.05) is 20.9 Å². The van der Waals surface area contributed by atoms with Gasteiger partial charge < -0.3 is 18.8 Å². The summed E-state index contributed by atoms with van der Waals surface area (Å²) in [6.07, 6.45) is 0. The van der Waals surface area contributed by atoms with E-state index in [0.29, 0.717) is 0 Å². The fourth-order valence-electron chi connectivity index (χ4n) is 0.0745. The van der Waals surface area contributed by atoms with E-state index < -0.39 is 15.9 Å². The quantitative estimate of drug-likeness (QED) is 0.637. The Hall–Kier alpha value is 0.300. The fourth-order valence-corrected chi connectivity index (χ4v) is 0.224. The summed E-state index contributed by atoms with van der Waals surface area (Å²) in [5, 5.41) is 0. The number of hydrogen-bond donors (Lipinski definition) is 2. The Bertz CT molecular complexity index is 144. The lowest BCUT2D eigenvalue weighted by Gasteiger charge is -2.04. The van der Waals surface area contributed by atoms with Gasteiger partial charge in [0.1, 0.15) is 0 Å². The van der Waals surface area contributed by atoms with E-state index in [0.717, 1.165) is 0 Å². The van der Waals surface area contributed by atoms with E-state index in [1.165, 1.54) is 20.9 Å². The average molecular weight is 206 g/mol. The van der Waals surface area contributed by atoms with Gasteiger partial charge in [0.25, 0.3) is 0 Å². The molecule has 2 N–H and O–H groups in total. The highest BCUT2D eigenvalue weighted by atomic mass is 31.2. The summed E-state index contributed by atoms with van der Waals surface area (Å²) in [6, 6.07) is 0. The maximum atomic E-state index is 10.5. The van der Waals surface area contributed by atoms with Gasteiger partial charge in [-0.25, -0.2) is 0 Å². The zero-order valence-corrected chi connectivity index (χ0v) is 8.37. The fraction of sp³-hybridized carbons (Fsp3) is 1.00. The van der Waals surface area contributed by atoms with E-state index in [-0.39, 0.29) is 0 Å². The normalized spacial score (nSPS) is 10.7. The molecule has 0 aromatic rings. The third-order valence-corrected chi connectivity index (χ3v) is 1.99. The SMILES string of the molecule is COP(C)(=O)OC.O=[PH](O)O. The van der Waals surface area contributed by atoms with Crippen LogP contribution in [-0.4, -0.2) is 30.7 Å². The van der Waals surface area contributed by atoms with Crippen molar-refractivity contribution in [3.63, 3.8) is 0 Å². The van der Waals surface area contributed by atoms with Crippen molar-refractivity contribution in [3.8, 4) is 0 Å². The van der Waals surface area contributed by atoms with Crippen LogP contribution < -0.4 is 0 Å². The van der Waals surface area contributed by atoms with Crippen LogP contribution >= 0.6 is 15.9 Å². The van der Waals surface area contributed by atoms with Gasteiger partial charge in [0.2, 0.25) is 0 Å². The van der Waals surface area contributed by atoms with Crippen molar-refractivity contribution in [2.45, 2.75) is 0 Å². The summed E-state index contributed by atoms with van der Waals surface area (Å²) in [5.41, 5.74) is 0. The second-order valence-electron chi connectivity index (χ2n) is 1.42. The van der Waals surface area contributed by atoms with Crippen LogP contribution in [0.25, 0.3) is 0 Å². The highest BCUT2D eigenvalue weighted by Gasteiger charge is 2.08. The maximum Gasteiger partial charge on any atom is 0.327 e. The van der Waals surface area contributed by atoms with E-state index in [2.05, 4.69) is 9.05 Å². The van der Waals surface area contributed by atoms with Gasteiger partial charge in [-0.1, -0.05) is 0 Å². The summed E-state index contributed by atoms with van der Waals surface area (Å²) in [7, 11) is -3.08. The zero-order chi connectivity index (χ0) is 9.49. The first kappa shape index (κ1) is 13.9. The molecule has 0 heterocycles. The number of rotatable bonds is 2. The van der Waals surface area contributed by atoms with Gasteiger partial charge in [-0.3, -0.25) is 9.13 Å². The lowest BCUT2D eigenvalue weighted by atomic mass is 11.8. The monoisotopic (exact) mass is 206 g/mol. The van der Waals surface area contributed by atoms with E-state index in [1.807, 2.05) is 0 Å². The largest absolute Gasteiger partial charge is 0.327 e. The predicted molar refractivity (Wildman–Crippen MR) is 41.0 cm³/mol. The van der Waals surface area contributed by atoms with E-state index >= 15 is 0 Å². The Kier molecular flexibility index (Phi) is 8.79. The van der Waals surface area contributed by atoms with Gasteiger partial charge in [-0.15, -0.1) is 0 Å². The van der Waals surface area contributed by atoms with Gasteiger partial charge in [-0.2, -0.15) is 0 Å². The summed E-state index contributed by atoms with van der Waals surface area (Å²) >= 11 is 0. The molecule has 0 amide bonds. The van der Waals surface area contributed by atoms with Crippen LogP contribution in [0.3, 0.4) is 0 Å². The van der Waals surface area contributed by atoms with Crippen LogP contribution in [0, 0.1) is 0 Å². The maximum absolute atomic E-state index is 10.5. The molecular weight excluding hydrogens is 194 g/mol. The molecule has 0 atom stereocenters. The first-order chi connectivity index (χ1) is 4.85. The Morgan fingerprint density at radius 2 is 1.45 bits per heavy atom. The standard InChI is InChI=1S/C3H9O3P.H3O3P/c1-5-7(3,4)6-2;1-4(2)3/h1-3H3;4H,(H2,1,2,3). The van der Waals surface area contributed by atoms with Crippen molar-refractivity contribution in [2.75, 3.05) is 20.9 Å². The summed E-state index contributed by atoms with van der Waals surface area (Å²) in [6.45, 7) is 1.41. The molecule has 0 saturated carbocycles. The minimum absolute atomic E-state index is 1.35. The second kappa shape index (κ2) is 6.98. The zero-order valence-electron chi connectivity index (χ0n) is 6.47. The van der Waals surface area contributed by atoms with E-state index in [9.17, 15) is 4.57 Å². The Morgan fingerprint density at radius 1 is 1.27 bits per heavy atom. The van der Waals surface area contributed by atoms with Crippen molar-refractivity contribution in [2.24, 2.45) is 0 Å². The van der Waals surface area contributed by atoms with Gasteiger partial charge in [0.15, 0.2) is 0 Å². The molecule has 0 spiro atoms. The average Bonchev–Trinajstić information content (AvgIpc) is 1.87. The van der Waals surface area contributed by atoms with Crippen molar-refractivity contribution in [1.82, 2.24) is 0 Å². The van der Waals surface area contributed by atoms with Gasteiger partial charge >= 0.3 is 15.9 Å². The van der Waals surface area contributed by atoms with Crippen LogP contribution in [0.5, 0.6) is 0 Å². The molecular formula is C3H12O6P2. The highest BCUT2D eigenvalue weighted by Crippen LogP contribution is 2.40. The highest BCUT2D eigenvalue weighted by molar-refractivity contribution is 7.52. The summed E-state index contributed by atoms with van der Waals surface area (Å²) in [5.74, 6) is 0. The van der Waals surface area contributed by atoms with Crippen LogP contribution in [0.2, 0.25) is 0 Å². The molecule has 0 aromatic carbocycles. The van der Waals surface area contributed by atoms with Crippen molar-refractivity contribution in [1.29, 1.82) is 0 Å². The van der Waals surface area contributed by atoms with Crippen molar-refractivity contribution < 1.29 is 28.0 Å². The summed E-state index contributed by atoms with van der Waals surface area (Å²) in [4.78, 5) is 14.3. The van der Waals surface area contributed by atoms with Crippen LogP contribution in [-0.2, 0) is 18.2 Å². The van der Waals surface area contributed by atoms with Crippen LogP contribution in [0.1, 0.15) is 0 Å². The first-order valence-corrected chi connectivity index (χ1v) is 5.76. The molecule has 0 saturated heterocycles. The molecule has 0 aliphatic carbocycles. The molecule has 0 aliphatic heterocycles. The lowest BCUT2D eigenvalue weighted by Crippen LogP contribution is -1.82. The molecule has 70 valence electrons. The Balaban J connectivity index is 0. The second-order valence-corrected chi connectivity index (χ2v) is 4.26. The molecule has 11 heavy (non-hydrogen) atoms. The molecule has 0 bridgehead atoms. The molecule has 0 aliphatic rings. The first-order valence-electron chi connectivity index (χ1n) is 2.46. The summed E-state index contributed by atoms with van der Waals surface area (Å²) < 4.78 is 28.1. The van der Waals surface area contributed by atoms with E-state index in [4.69, 9.17) is 14.4 Å². The molecule has 0 fully saturated rings. The van der Waals surface area contributed by atoms with Gasteiger partial charge in [0.05, 0.1) is 0 Å². The minimum Gasteiger partial charge on any atom is -0.326 e. The predicted octanol–water partition coefficient (Wildman–Crippen LogP) is 0.463. The molecule has 8 heteroatoms. The van der Waals surface area contributed by atoms with E-state index in [1.54, 1.807) is 0 Å². The molecule has 0 aromatic heterocycles. The smallest absolute Gasteiger partial charge is 0.326 e. The molecule has 0 rings (SSSR count).